The van der Waals surface area contributed by atoms with Crippen LogP contribution in [0.15, 0.2) is 53.4 Å². The lowest BCUT2D eigenvalue weighted by Gasteiger charge is -2.21. The summed E-state index contributed by atoms with van der Waals surface area (Å²) in [5, 5.41) is 6.05. The van der Waals surface area contributed by atoms with E-state index in [1.165, 1.54) is 0 Å². The van der Waals surface area contributed by atoms with Gasteiger partial charge in [-0.25, -0.2) is 0 Å². The van der Waals surface area contributed by atoms with E-state index in [0.717, 1.165) is 28.3 Å². The zero-order valence-electron chi connectivity index (χ0n) is 15.1. The summed E-state index contributed by atoms with van der Waals surface area (Å²) in [6.45, 7) is 4.30. The fraction of sp³-hybridized carbons (Fsp3) is 0.333. The van der Waals surface area contributed by atoms with Crippen molar-refractivity contribution in [2.75, 3.05) is 11.1 Å². The molecule has 2 aromatic carbocycles. The van der Waals surface area contributed by atoms with E-state index >= 15 is 0 Å². The van der Waals surface area contributed by atoms with Gasteiger partial charge in [0.25, 0.3) is 5.91 Å². The molecular formula is C21H24N2O2S. The Morgan fingerprint density at radius 3 is 2.69 bits per heavy atom. The summed E-state index contributed by atoms with van der Waals surface area (Å²) >= 11 is 1.64. The first-order chi connectivity index (χ1) is 12.5. The van der Waals surface area contributed by atoms with Crippen LogP contribution in [0.1, 0.15) is 48.7 Å². The Labute approximate surface area is 158 Å². The van der Waals surface area contributed by atoms with Crippen molar-refractivity contribution in [1.29, 1.82) is 0 Å². The number of hydrogen-bond donors (Lipinski definition) is 2. The van der Waals surface area contributed by atoms with E-state index in [2.05, 4.69) is 24.5 Å². The summed E-state index contributed by atoms with van der Waals surface area (Å²) in [6.07, 6.45) is 1.36. The highest BCUT2D eigenvalue weighted by Gasteiger charge is 2.19. The van der Waals surface area contributed by atoms with E-state index in [9.17, 15) is 9.59 Å². The van der Waals surface area contributed by atoms with Crippen molar-refractivity contribution in [2.45, 2.75) is 37.6 Å². The van der Waals surface area contributed by atoms with Gasteiger partial charge >= 0.3 is 0 Å². The molecule has 1 heterocycles. The largest absolute Gasteiger partial charge is 0.345 e. The molecule has 0 aliphatic carbocycles. The van der Waals surface area contributed by atoms with Crippen molar-refractivity contribution in [3.8, 4) is 0 Å². The van der Waals surface area contributed by atoms with Crippen LogP contribution in [0.3, 0.4) is 0 Å². The van der Waals surface area contributed by atoms with E-state index in [1.807, 2.05) is 42.5 Å². The van der Waals surface area contributed by atoms with Crippen molar-refractivity contribution in [1.82, 2.24) is 5.32 Å². The van der Waals surface area contributed by atoms with Gasteiger partial charge in [0.05, 0.1) is 11.7 Å². The maximum atomic E-state index is 12.8. The van der Waals surface area contributed by atoms with Crippen LogP contribution in [0.4, 0.5) is 5.69 Å². The third kappa shape index (κ3) is 4.67. The molecule has 0 aromatic heterocycles. The molecule has 0 saturated heterocycles. The lowest BCUT2D eigenvalue weighted by molar-refractivity contribution is -0.115. The predicted octanol–water partition coefficient (Wildman–Crippen LogP) is 4.64. The third-order valence-corrected chi connectivity index (χ3v) is 5.39. The Bertz CT molecular complexity index is 790. The zero-order valence-corrected chi connectivity index (χ0v) is 15.9. The second-order valence-electron chi connectivity index (χ2n) is 6.92. The molecule has 136 valence electrons. The molecule has 1 unspecified atom stereocenters. The molecule has 0 fully saturated rings. The number of fused-ring (bicyclic) bond motifs is 1. The van der Waals surface area contributed by atoms with Gasteiger partial charge in [-0.15, -0.1) is 11.8 Å². The number of rotatable bonds is 5. The van der Waals surface area contributed by atoms with Gasteiger partial charge in [0.1, 0.15) is 0 Å². The van der Waals surface area contributed by atoms with Crippen LogP contribution in [0.5, 0.6) is 0 Å². The van der Waals surface area contributed by atoms with Gasteiger partial charge in [-0.1, -0.05) is 44.2 Å². The lowest BCUT2D eigenvalue weighted by atomic mass is 9.96. The maximum Gasteiger partial charge on any atom is 0.251 e. The van der Waals surface area contributed by atoms with Crippen molar-refractivity contribution >= 4 is 29.3 Å². The smallest absolute Gasteiger partial charge is 0.251 e. The molecule has 26 heavy (non-hydrogen) atoms. The number of benzene rings is 2. The van der Waals surface area contributed by atoms with Crippen LogP contribution in [0, 0.1) is 5.92 Å². The highest BCUT2D eigenvalue weighted by Crippen LogP contribution is 2.31. The fourth-order valence-corrected chi connectivity index (χ4v) is 3.97. The second kappa shape index (κ2) is 8.41. The number of thioether (sulfide) groups is 1. The Morgan fingerprint density at radius 1 is 1.19 bits per heavy atom. The number of carbonyl (C=O) groups excluding carboxylic acids is 2. The topological polar surface area (TPSA) is 58.2 Å². The highest BCUT2D eigenvalue weighted by atomic mass is 32.2. The summed E-state index contributed by atoms with van der Waals surface area (Å²) in [5.74, 6) is 1.10. The average molecular weight is 369 g/mol. The fourth-order valence-electron chi connectivity index (χ4n) is 3.04. The minimum Gasteiger partial charge on any atom is -0.345 e. The zero-order chi connectivity index (χ0) is 18.5. The summed E-state index contributed by atoms with van der Waals surface area (Å²) in [4.78, 5) is 25.6. The molecule has 0 saturated carbocycles. The number of nitrogens with one attached hydrogen (secondary N) is 2. The molecule has 0 radical (unpaired) electrons. The van der Waals surface area contributed by atoms with Crippen LogP contribution in [-0.2, 0) is 4.79 Å². The molecule has 2 amide bonds. The first-order valence-electron chi connectivity index (χ1n) is 8.95. The van der Waals surface area contributed by atoms with Gasteiger partial charge in [-0.3, -0.25) is 9.59 Å². The van der Waals surface area contributed by atoms with Crippen molar-refractivity contribution in [3.05, 3.63) is 59.7 Å². The van der Waals surface area contributed by atoms with Crippen molar-refractivity contribution in [3.63, 3.8) is 0 Å². The Morgan fingerprint density at radius 2 is 1.96 bits per heavy atom. The molecule has 1 atom stereocenters. The van der Waals surface area contributed by atoms with E-state index < -0.39 is 0 Å². The number of carbonyl (C=O) groups is 2. The normalized spacial score (nSPS) is 15.0. The molecule has 0 spiro atoms. The third-order valence-electron chi connectivity index (χ3n) is 4.32. The summed E-state index contributed by atoms with van der Waals surface area (Å²) in [5.41, 5.74) is 2.40. The van der Waals surface area contributed by atoms with Gasteiger partial charge in [-0.05, 0) is 36.1 Å². The molecule has 2 aromatic rings. The van der Waals surface area contributed by atoms with Crippen LogP contribution in [0.2, 0.25) is 0 Å². The molecule has 4 nitrogen and oxygen atoms in total. The molecule has 1 aliphatic heterocycles. The first kappa shape index (κ1) is 18.5. The molecule has 3 rings (SSSR count). The second-order valence-corrected chi connectivity index (χ2v) is 8.06. The quantitative estimate of drug-likeness (QED) is 0.808. The highest BCUT2D eigenvalue weighted by molar-refractivity contribution is 7.99. The minimum absolute atomic E-state index is 0.00391. The van der Waals surface area contributed by atoms with Crippen LogP contribution in [-0.4, -0.2) is 17.6 Å². The predicted molar refractivity (Wildman–Crippen MR) is 107 cm³/mol. The monoisotopic (exact) mass is 368 g/mol. The molecule has 0 bridgehead atoms. The average Bonchev–Trinajstić information content (AvgIpc) is 2.81. The van der Waals surface area contributed by atoms with Crippen LogP contribution < -0.4 is 10.6 Å². The summed E-state index contributed by atoms with van der Waals surface area (Å²) in [7, 11) is 0. The maximum absolute atomic E-state index is 12.8. The Kier molecular flexibility index (Phi) is 5.99. The van der Waals surface area contributed by atoms with Gasteiger partial charge in [0.15, 0.2) is 0 Å². The van der Waals surface area contributed by atoms with Crippen molar-refractivity contribution < 1.29 is 9.59 Å². The number of anilines is 1. The van der Waals surface area contributed by atoms with E-state index in [0.29, 0.717) is 17.9 Å². The standard InChI is InChI=1S/C21H24N2O2S/c1-14(2)12-17(15-6-4-3-5-7-15)23-21(25)16-8-9-19-18(13-16)22-20(24)10-11-26-19/h3-9,13-14,17H,10-12H2,1-2H3,(H,22,24)(H,23,25). The van der Waals surface area contributed by atoms with Gasteiger partial charge in [0.2, 0.25) is 5.91 Å². The number of amides is 2. The lowest BCUT2D eigenvalue weighted by Crippen LogP contribution is -2.29. The van der Waals surface area contributed by atoms with Gasteiger partial charge in [-0.2, -0.15) is 0 Å². The molecule has 2 N–H and O–H groups in total. The molecule has 5 heteroatoms. The van der Waals surface area contributed by atoms with Gasteiger partial charge < -0.3 is 10.6 Å². The molecular weight excluding hydrogens is 344 g/mol. The van der Waals surface area contributed by atoms with Crippen LogP contribution >= 0.6 is 11.8 Å². The van der Waals surface area contributed by atoms with E-state index in [4.69, 9.17) is 0 Å². The SMILES string of the molecule is CC(C)CC(NC(=O)c1ccc2c(c1)NC(=O)CCS2)c1ccccc1. The van der Waals surface area contributed by atoms with E-state index in [-0.39, 0.29) is 17.9 Å². The van der Waals surface area contributed by atoms with E-state index in [1.54, 1.807) is 17.8 Å². The van der Waals surface area contributed by atoms with Crippen LogP contribution in [0.25, 0.3) is 0 Å². The number of hydrogen-bond acceptors (Lipinski definition) is 3. The Hall–Kier alpha value is -2.27. The van der Waals surface area contributed by atoms with Crippen molar-refractivity contribution in [2.24, 2.45) is 5.92 Å². The minimum atomic E-state index is -0.120. The summed E-state index contributed by atoms with van der Waals surface area (Å²) in [6, 6.07) is 15.5. The summed E-state index contributed by atoms with van der Waals surface area (Å²) < 4.78 is 0. The van der Waals surface area contributed by atoms with Gasteiger partial charge in [0, 0.05) is 22.6 Å². The molecule has 1 aliphatic rings. The Balaban J connectivity index is 1.80. The first-order valence-corrected chi connectivity index (χ1v) is 9.94.